The number of halogens is 1. The fourth-order valence-electron chi connectivity index (χ4n) is 3.19. The molecule has 0 bridgehead atoms. The van der Waals surface area contributed by atoms with Crippen LogP contribution in [0.4, 0.5) is 0 Å². The molecule has 0 saturated heterocycles. The van der Waals surface area contributed by atoms with E-state index in [1.54, 1.807) is 11.3 Å². The molecule has 0 N–H and O–H groups in total. The van der Waals surface area contributed by atoms with Gasteiger partial charge >= 0.3 is 0 Å². The topological polar surface area (TPSA) is 12.5 Å². The molecule has 146 valence electrons. The fourth-order valence-corrected chi connectivity index (χ4v) is 4.02. The Hall–Kier alpha value is -2.07. The zero-order chi connectivity index (χ0) is 19.9. The number of hydrogen-bond donors (Lipinski definition) is 0. The Morgan fingerprint density at radius 1 is 1.00 bits per heavy atom. The van der Waals surface area contributed by atoms with Crippen molar-refractivity contribution in [1.82, 2.24) is 4.90 Å². The molecule has 0 aliphatic rings. The van der Waals surface area contributed by atoms with Crippen LogP contribution in [0, 0.1) is 0 Å². The van der Waals surface area contributed by atoms with Crippen LogP contribution in [0.2, 0.25) is 5.02 Å². The average molecular weight is 412 g/mol. The zero-order valence-electron chi connectivity index (χ0n) is 16.6. The first-order chi connectivity index (χ1) is 13.6. The summed E-state index contributed by atoms with van der Waals surface area (Å²) in [6.45, 7) is 3.78. The van der Waals surface area contributed by atoms with Gasteiger partial charge in [0.25, 0.3) is 0 Å². The van der Waals surface area contributed by atoms with Gasteiger partial charge in [0, 0.05) is 11.6 Å². The molecule has 0 saturated carbocycles. The summed E-state index contributed by atoms with van der Waals surface area (Å²) in [4.78, 5) is 2.12. The summed E-state index contributed by atoms with van der Waals surface area (Å²) >= 11 is 7.99. The van der Waals surface area contributed by atoms with Gasteiger partial charge in [0.2, 0.25) is 0 Å². The van der Waals surface area contributed by atoms with Crippen molar-refractivity contribution in [1.29, 1.82) is 0 Å². The second-order valence-corrected chi connectivity index (χ2v) is 8.12. The van der Waals surface area contributed by atoms with Crippen LogP contribution >= 0.6 is 22.9 Å². The van der Waals surface area contributed by atoms with Crippen molar-refractivity contribution in [2.24, 2.45) is 0 Å². The van der Waals surface area contributed by atoms with Crippen molar-refractivity contribution in [2.75, 3.05) is 27.2 Å². The van der Waals surface area contributed by atoms with E-state index in [0.29, 0.717) is 6.61 Å². The van der Waals surface area contributed by atoms with Gasteiger partial charge in [-0.15, -0.1) is 0 Å². The molecule has 2 aromatic carbocycles. The van der Waals surface area contributed by atoms with E-state index >= 15 is 0 Å². The molecule has 0 fully saturated rings. The third-order valence-corrected chi connectivity index (χ3v) is 5.51. The number of rotatable bonds is 8. The molecule has 2 nitrogen and oxygen atoms in total. The monoisotopic (exact) mass is 411 g/mol. The van der Waals surface area contributed by atoms with Gasteiger partial charge in [0.15, 0.2) is 0 Å². The summed E-state index contributed by atoms with van der Waals surface area (Å²) < 4.78 is 5.86. The van der Waals surface area contributed by atoms with Gasteiger partial charge < -0.3 is 9.64 Å². The smallest absolute Gasteiger partial charge is 0.119 e. The minimum Gasteiger partial charge on any atom is -0.492 e. The third kappa shape index (κ3) is 5.26. The van der Waals surface area contributed by atoms with E-state index in [0.717, 1.165) is 23.7 Å². The highest BCUT2D eigenvalue weighted by atomic mass is 35.5. The van der Waals surface area contributed by atoms with E-state index in [9.17, 15) is 0 Å². The SMILES string of the molecule is CC/C(=C(/c1ccc(OCCN(C)C)cc1)c1ccsc1)c1cccc(Cl)c1. The highest BCUT2D eigenvalue weighted by molar-refractivity contribution is 7.08. The molecule has 0 aliphatic heterocycles. The van der Waals surface area contributed by atoms with Gasteiger partial charge in [-0.05, 0) is 89.4 Å². The van der Waals surface area contributed by atoms with Gasteiger partial charge in [-0.3, -0.25) is 0 Å². The number of hydrogen-bond acceptors (Lipinski definition) is 3. The van der Waals surface area contributed by atoms with E-state index in [-0.39, 0.29) is 0 Å². The minimum atomic E-state index is 0.683. The molecule has 0 radical (unpaired) electrons. The summed E-state index contributed by atoms with van der Waals surface area (Å²) in [5, 5.41) is 5.09. The second-order valence-electron chi connectivity index (χ2n) is 6.91. The van der Waals surface area contributed by atoms with Crippen molar-refractivity contribution < 1.29 is 4.74 Å². The first-order valence-corrected chi connectivity index (χ1v) is 10.8. The van der Waals surface area contributed by atoms with E-state index in [1.165, 1.54) is 27.8 Å². The van der Waals surface area contributed by atoms with Crippen LogP contribution in [0.5, 0.6) is 5.75 Å². The first kappa shape index (κ1) is 20.7. The lowest BCUT2D eigenvalue weighted by Crippen LogP contribution is -2.19. The van der Waals surface area contributed by atoms with Gasteiger partial charge in [0.05, 0.1) is 0 Å². The maximum absolute atomic E-state index is 6.27. The van der Waals surface area contributed by atoms with Gasteiger partial charge in [-0.1, -0.05) is 42.8 Å². The van der Waals surface area contributed by atoms with Gasteiger partial charge in [-0.2, -0.15) is 11.3 Å². The third-order valence-electron chi connectivity index (χ3n) is 4.59. The lowest BCUT2D eigenvalue weighted by atomic mass is 9.89. The van der Waals surface area contributed by atoms with Crippen LogP contribution in [0.1, 0.15) is 30.0 Å². The Morgan fingerprint density at radius 2 is 1.79 bits per heavy atom. The number of likely N-dealkylation sites (N-methyl/N-ethyl adjacent to an activating group) is 1. The molecule has 4 heteroatoms. The van der Waals surface area contributed by atoms with Crippen LogP contribution in [0.3, 0.4) is 0 Å². The molecule has 0 atom stereocenters. The zero-order valence-corrected chi connectivity index (χ0v) is 18.2. The first-order valence-electron chi connectivity index (χ1n) is 9.48. The molecule has 28 heavy (non-hydrogen) atoms. The van der Waals surface area contributed by atoms with E-state index < -0.39 is 0 Å². The van der Waals surface area contributed by atoms with Crippen LogP contribution < -0.4 is 4.74 Å². The summed E-state index contributed by atoms with van der Waals surface area (Å²) in [5.74, 6) is 0.899. The van der Waals surface area contributed by atoms with Crippen LogP contribution in [0.15, 0.2) is 65.4 Å². The number of thiophene rings is 1. The Morgan fingerprint density at radius 3 is 2.39 bits per heavy atom. The molecule has 0 aliphatic carbocycles. The lowest BCUT2D eigenvalue weighted by molar-refractivity contribution is 0.261. The molecule has 1 heterocycles. The normalized spacial score (nSPS) is 12.2. The van der Waals surface area contributed by atoms with E-state index in [4.69, 9.17) is 16.3 Å². The highest BCUT2D eigenvalue weighted by Gasteiger charge is 2.14. The summed E-state index contributed by atoms with van der Waals surface area (Å²) in [6.07, 6.45) is 0.923. The van der Waals surface area contributed by atoms with E-state index in [1.807, 2.05) is 32.3 Å². The predicted molar refractivity (Wildman–Crippen MR) is 122 cm³/mol. The molecule has 3 rings (SSSR count). The standard InChI is InChI=1S/C24H26ClNOS/c1-4-23(19-6-5-7-21(25)16-19)24(20-12-15-28-17-20)18-8-10-22(11-9-18)27-14-13-26(2)3/h5-12,15-17H,4,13-14H2,1-3H3/b24-23+. The number of allylic oxidation sites excluding steroid dienone is 1. The number of nitrogens with zero attached hydrogens (tertiary/aromatic N) is 1. The fraction of sp³-hybridized carbons (Fsp3) is 0.250. The number of benzene rings is 2. The second kappa shape index (κ2) is 9.92. The minimum absolute atomic E-state index is 0.683. The Balaban J connectivity index is 1.99. The summed E-state index contributed by atoms with van der Waals surface area (Å²) in [7, 11) is 4.10. The van der Waals surface area contributed by atoms with Crippen molar-refractivity contribution in [3.05, 3.63) is 87.1 Å². The highest BCUT2D eigenvalue weighted by Crippen LogP contribution is 2.36. The van der Waals surface area contributed by atoms with Gasteiger partial charge in [0.1, 0.15) is 12.4 Å². The number of ether oxygens (including phenoxy) is 1. The Bertz CT molecular complexity index is 914. The average Bonchev–Trinajstić information content (AvgIpc) is 3.20. The van der Waals surface area contributed by atoms with Crippen LogP contribution in [-0.4, -0.2) is 32.1 Å². The summed E-state index contributed by atoms with van der Waals surface area (Å²) in [5.41, 5.74) is 6.15. The molecule has 0 amide bonds. The van der Waals surface area contributed by atoms with Crippen molar-refractivity contribution in [2.45, 2.75) is 13.3 Å². The predicted octanol–water partition coefficient (Wildman–Crippen LogP) is 6.71. The Kier molecular flexibility index (Phi) is 7.32. The summed E-state index contributed by atoms with van der Waals surface area (Å²) in [6, 6.07) is 18.7. The van der Waals surface area contributed by atoms with Crippen molar-refractivity contribution >= 4 is 34.1 Å². The largest absolute Gasteiger partial charge is 0.492 e. The van der Waals surface area contributed by atoms with Gasteiger partial charge in [-0.25, -0.2) is 0 Å². The molecule has 3 aromatic rings. The Labute approximate surface area is 177 Å². The molecule has 1 aromatic heterocycles. The van der Waals surface area contributed by atoms with Crippen LogP contribution in [-0.2, 0) is 0 Å². The molecule has 0 spiro atoms. The molecular formula is C24H26ClNOS. The molecular weight excluding hydrogens is 386 g/mol. The van der Waals surface area contributed by atoms with Crippen LogP contribution in [0.25, 0.3) is 11.1 Å². The maximum Gasteiger partial charge on any atom is 0.119 e. The molecule has 0 unspecified atom stereocenters. The van der Waals surface area contributed by atoms with Crippen molar-refractivity contribution in [3.63, 3.8) is 0 Å². The quantitative estimate of drug-likeness (QED) is 0.382. The van der Waals surface area contributed by atoms with Crippen molar-refractivity contribution in [3.8, 4) is 5.75 Å². The van der Waals surface area contributed by atoms with E-state index in [2.05, 4.69) is 59.0 Å². The lowest BCUT2D eigenvalue weighted by Gasteiger charge is -2.16. The maximum atomic E-state index is 6.27.